The fourth-order valence-electron chi connectivity index (χ4n) is 2.34. The monoisotopic (exact) mass is 198 g/mol. The molecule has 2 nitrogen and oxygen atoms in total. The highest BCUT2D eigenvalue weighted by atomic mass is 16.7. The highest BCUT2D eigenvalue weighted by Gasteiger charge is 2.66. The molecule has 1 heterocycles. The predicted octanol–water partition coefficient (Wildman–Crippen LogP) is 3.01. The van der Waals surface area contributed by atoms with Gasteiger partial charge in [0.05, 0.1) is 0 Å². The second-order valence-electron chi connectivity index (χ2n) is 5.59. The highest BCUT2D eigenvalue weighted by molar-refractivity contribution is 5.93. The minimum absolute atomic E-state index is 0.0295. The fraction of sp³-hybridized carbons (Fsp3) is 0.917. The summed E-state index contributed by atoms with van der Waals surface area (Å²) in [7, 11) is 0. The zero-order chi connectivity index (χ0) is 11.1. The molecule has 0 saturated carbocycles. The summed E-state index contributed by atoms with van der Waals surface area (Å²) in [4.78, 5) is 11.3. The maximum Gasteiger partial charge on any atom is 0.352 e. The van der Waals surface area contributed by atoms with Crippen LogP contribution < -0.4 is 0 Å². The lowest BCUT2D eigenvalue weighted by molar-refractivity contribution is -0.117. The summed E-state index contributed by atoms with van der Waals surface area (Å²) in [6.07, 6.45) is 1.03. The summed E-state index contributed by atoms with van der Waals surface area (Å²) in [5.41, 5.74) is -0.552. The zero-order valence-electron chi connectivity index (χ0n) is 10.2. The lowest BCUT2D eigenvalue weighted by atomic mass is 9.65. The molecule has 0 aromatic carbocycles. The van der Waals surface area contributed by atoms with E-state index in [1.54, 1.807) is 0 Å². The third kappa shape index (κ3) is 1.55. The Labute approximate surface area is 87.0 Å². The van der Waals surface area contributed by atoms with Crippen molar-refractivity contribution in [2.75, 3.05) is 0 Å². The quantitative estimate of drug-likeness (QED) is 0.650. The summed E-state index contributed by atoms with van der Waals surface area (Å²) < 4.78 is 5.19. The van der Waals surface area contributed by atoms with Gasteiger partial charge in [-0.1, -0.05) is 34.6 Å². The Morgan fingerprint density at radius 2 is 1.79 bits per heavy atom. The van der Waals surface area contributed by atoms with E-state index in [0.717, 1.165) is 6.42 Å². The second-order valence-corrected chi connectivity index (χ2v) is 5.59. The van der Waals surface area contributed by atoms with Crippen LogP contribution in [0.15, 0.2) is 0 Å². The van der Waals surface area contributed by atoms with Gasteiger partial charge in [-0.15, -0.1) is 0 Å². The molecule has 2 atom stereocenters. The molecule has 0 radical (unpaired) electrons. The van der Waals surface area contributed by atoms with Gasteiger partial charge in [-0.2, -0.15) is 0 Å². The summed E-state index contributed by atoms with van der Waals surface area (Å²) in [6.45, 7) is 12.8. The van der Waals surface area contributed by atoms with Gasteiger partial charge in [0.15, 0.2) is 0 Å². The molecule has 14 heavy (non-hydrogen) atoms. The van der Waals surface area contributed by atoms with E-state index in [0.29, 0.717) is 11.8 Å². The molecule has 1 aliphatic heterocycles. The zero-order valence-corrected chi connectivity index (χ0v) is 10.2. The van der Waals surface area contributed by atoms with Crippen molar-refractivity contribution in [3.8, 4) is 0 Å². The van der Waals surface area contributed by atoms with Crippen molar-refractivity contribution in [1.29, 1.82) is 0 Å². The first-order chi connectivity index (χ1) is 6.24. The molecule has 2 unspecified atom stereocenters. The van der Waals surface area contributed by atoms with Crippen LogP contribution in [0, 0.1) is 17.3 Å². The maximum atomic E-state index is 11.3. The van der Waals surface area contributed by atoms with E-state index in [1.165, 1.54) is 0 Å². The number of epoxide rings is 1. The third-order valence-corrected chi connectivity index (χ3v) is 3.84. The molecule has 0 N–H and O–H groups in total. The molecule has 82 valence electrons. The minimum Gasteiger partial charge on any atom is -0.444 e. The number of hydrogen-bond donors (Lipinski definition) is 0. The Bertz CT molecular complexity index is 245. The molecule has 0 aromatic rings. The third-order valence-electron chi connectivity index (χ3n) is 3.84. The molecule has 2 heteroatoms. The van der Waals surface area contributed by atoms with E-state index in [4.69, 9.17) is 4.74 Å². The van der Waals surface area contributed by atoms with Gasteiger partial charge in [0, 0.05) is 5.41 Å². The van der Waals surface area contributed by atoms with Crippen molar-refractivity contribution in [3.05, 3.63) is 0 Å². The van der Waals surface area contributed by atoms with Crippen LogP contribution in [-0.4, -0.2) is 11.6 Å². The van der Waals surface area contributed by atoms with Crippen molar-refractivity contribution >= 4 is 5.97 Å². The van der Waals surface area contributed by atoms with E-state index in [9.17, 15) is 4.79 Å². The average molecular weight is 198 g/mol. The Hall–Kier alpha value is -0.530. The predicted molar refractivity (Wildman–Crippen MR) is 56.9 cm³/mol. The summed E-state index contributed by atoms with van der Waals surface area (Å²) in [5, 5.41) is 0. The molecular formula is C12H22O2. The average Bonchev–Trinajstić information content (AvgIpc) is 2.59. The Balaban J connectivity index is 2.88. The van der Waals surface area contributed by atoms with E-state index in [-0.39, 0.29) is 11.4 Å². The number of cyclic esters (lactones) is 1. The van der Waals surface area contributed by atoms with Crippen molar-refractivity contribution in [1.82, 2.24) is 0 Å². The SMILES string of the molecule is CC(C)CC(C)(C(C)C)C1(C)OC1=O. The first kappa shape index (κ1) is 11.5. The van der Waals surface area contributed by atoms with Crippen LogP contribution in [0.3, 0.4) is 0 Å². The van der Waals surface area contributed by atoms with Gasteiger partial charge in [0.25, 0.3) is 0 Å². The van der Waals surface area contributed by atoms with Crippen LogP contribution >= 0.6 is 0 Å². The van der Waals surface area contributed by atoms with Crippen molar-refractivity contribution in [2.24, 2.45) is 17.3 Å². The molecule has 0 aromatic heterocycles. The molecule has 1 fully saturated rings. The standard InChI is InChI=1S/C12H22O2/c1-8(2)7-11(5,9(3)4)12(6)10(13)14-12/h8-9H,7H2,1-6H3. The highest BCUT2D eigenvalue weighted by Crippen LogP contribution is 2.53. The van der Waals surface area contributed by atoms with Crippen LogP contribution in [0.1, 0.15) is 48.0 Å². The summed E-state index contributed by atoms with van der Waals surface area (Å²) >= 11 is 0. The number of ether oxygens (including phenoxy) is 1. The van der Waals surface area contributed by atoms with Gasteiger partial charge in [0.1, 0.15) is 0 Å². The largest absolute Gasteiger partial charge is 0.444 e. The number of rotatable bonds is 4. The van der Waals surface area contributed by atoms with E-state index < -0.39 is 5.60 Å². The van der Waals surface area contributed by atoms with Crippen molar-refractivity contribution in [2.45, 2.75) is 53.6 Å². The number of carbonyl (C=O) groups is 1. The topological polar surface area (TPSA) is 29.6 Å². The van der Waals surface area contributed by atoms with Gasteiger partial charge < -0.3 is 4.74 Å². The minimum atomic E-state index is -0.522. The van der Waals surface area contributed by atoms with E-state index >= 15 is 0 Å². The smallest absolute Gasteiger partial charge is 0.352 e. The van der Waals surface area contributed by atoms with Crippen LogP contribution in [0.2, 0.25) is 0 Å². The molecular weight excluding hydrogens is 176 g/mol. The first-order valence-electron chi connectivity index (χ1n) is 5.47. The Kier molecular flexibility index (Phi) is 2.68. The second kappa shape index (κ2) is 3.25. The molecule has 1 rings (SSSR count). The summed E-state index contributed by atoms with van der Waals surface area (Å²) in [5.74, 6) is 1.02. The molecule has 0 bridgehead atoms. The normalized spacial score (nSPS) is 30.4. The fourth-order valence-corrected chi connectivity index (χ4v) is 2.34. The summed E-state index contributed by atoms with van der Waals surface area (Å²) in [6, 6.07) is 0. The van der Waals surface area contributed by atoms with E-state index in [1.807, 2.05) is 6.92 Å². The maximum absolute atomic E-state index is 11.3. The molecule has 1 aliphatic rings. The molecule has 1 saturated heterocycles. The van der Waals surface area contributed by atoms with Crippen molar-refractivity contribution < 1.29 is 9.53 Å². The van der Waals surface area contributed by atoms with Gasteiger partial charge in [-0.25, -0.2) is 4.79 Å². The van der Waals surface area contributed by atoms with Crippen LogP contribution in [0.4, 0.5) is 0 Å². The van der Waals surface area contributed by atoms with Crippen LogP contribution in [0.5, 0.6) is 0 Å². The Morgan fingerprint density at radius 1 is 1.36 bits per heavy atom. The Morgan fingerprint density at radius 3 is 2.00 bits per heavy atom. The first-order valence-corrected chi connectivity index (χ1v) is 5.47. The van der Waals surface area contributed by atoms with Crippen LogP contribution in [0.25, 0.3) is 0 Å². The number of carbonyl (C=O) groups excluding carboxylic acids is 1. The lowest BCUT2D eigenvalue weighted by Gasteiger charge is -2.37. The van der Waals surface area contributed by atoms with Gasteiger partial charge in [-0.3, -0.25) is 0 Å². The molecule has 0 spiro atoms. The van der Waals surface area contributed by atoms with Gasteiger partial charge in [0.2, 0.25) is 5.60 Å². The van der Waals surface area contributed by atoms with Gasteiger partial charge in [-0.05, 0) is 25.2 Å². The van der Waals surface area contributed by atoms with Crippen molar-refractivity contribution in [3.63, 3.8) is 0 Å². The molecule has 0 amide bonds. The number of hydrogen-bond acceptors (Lipinski definition) is 2. The lowest BCUT2D eigenvalue weighted by Crippen LogP contribution is -2.40. The van der Waals surface area contributed by atoms with Gasteiger partial charge >= 0.3 is 5.97 Å². The van der Waals surface area contributed by atoms with Crippen LogP contribution in [-0.2, 0) is 9.53 Å². The molecule has 0 aliphatic carbocycles. The van der Waals surface area contributed by atoms with E-state index in [2.05, 4.69) is 34.6 Å².